The Morgan fingerprint density at radius 3 is 2.52 bits per heavy atom. The topological polar surface area (TPSA) is 110 Å². The van der Waals surface area contributed by atoms with Crippen LogP contribution in [0.5, 0.6) is 5.75 Å². The van der Waals surface area contributed by atoms with E-state index in [9.17, 15) is 26.4 Å². The lowest BCUT2D eigenvalue weighted by Gasteiger charge is -2.10. The van der Waals surface area contributed by atoms with Crippen molar-refractivity contribution in [3.05, 3.63) is 42.5 Å². The Hall–Kier alpha value is -2.77. The van der Waals surface area contributed by atoms with Crippen molar-refractivity contribution < 1.29 is 31.1 Å². The van der Waals surface area contributed by atoms with Gasteiger partial charge in [-0.05, 0) is 36.4 Å². The van der Waals surface area contributed by atoms with Crippen LogP contribution in [-0.4, -0.2) is 36.0 Å². The number of carbonyl (C=O) groups is 1. The van der Waals surface area contributed by atoms with Gasteiger partial charge in [0.15, 0.2) is 0 Å². The van der Waals surface area contributed by atoms with Crippen LogP contribution in [0.15, 0.2) is 47.4 Å². The van der Waals surface area contributed by atoms with Crippen LogP contribution in [0.2, 0.25) is 0 Å². The molecule has 0 aliphatic heterocycles. The van der Waals surface area contributed by atoms with E-state index in [4.69, 9.17) is 0 Å². The van der Waals surface area contributed by atoms with Crippen LogP contribution >= 0.6 is 11.7 Å². The molecule has 154 valence electrons. The van der Waals surface area contributed by atoms with Gasteiger partial charge in [0.1, 0.15) is 21.7 Å². The van der Waals surface area contributed by atoms with Gasteiger partial charge in [0.2, 0.25) is 15.9 Å². The van der Waals surface area contributed by atoms with Crippen LogP contribution in [0.3, 0.4) is 0 Å². The van der Waals surface area contributed by atoms with Gasteiger partial charge in [-0.1, -0.05) is 6.07 Å². The molecule has 1 heterocycles. The number of anilines is 1. The van der Waals surface area contributed by atoms with Crippen molar-refractivity contribution in [1.82, 2.24) is 13.5 Å². The highest BCUT2D eigenvalue weighted by atomic mass is 32.2. The lowest BCUT2D eigenvalue weighted by Crippen LogP contribution is -2.28. The second-order valence-corrected chi connectivity index (χ2v) is 7.92. The summed E-state index contributed by atoms with van der Waals surface area (Å²) in [6, 6.07) is 9.13. The van der Waals surface area contributed by atoms with Crippen molar-refractivity contribution in [3.63, 3.8) is 0 Å². The Morgan fingerprint density at radius 1 is 1.10 bits per heavy atom. The molecule has 0 radical (unpaired) electrons. The largest absolute Gasteiger partial charge is 0.573 e. The van der Waals surface area contributed by atoms with Gasteiger partial charge in [-0.25, -0.2) is 13.1 Å². The third kappa shape index (κ3) is 5.62. The highest BCUT2D eigenvalue weighted by Crippen LogP contribution is 2.24. The molecule has 0 aliphatic carbocycles. The number of aromatic nitrogens is 2. The number of carbonyl (C=O) groups excluding carboxylic acids is 1. The number of hydrogen-bond acceptors (Lipinski definition) is 7. The zero-order valence-electron chi connectivity index (χ0n) is 14.4. The second-order valence-electron chi connectivity index (χ2n) is 5.66. The first-order valence-corrected chi connectivity index (χ1v) is 10.2. The Labute approximate surface area is 167 Å². The predicted octanol–water partition coefficient (Wildman–Crippen LogP) is 2.90. The lowest BCUT2D eigenvalue weighted by atomic mass is 10.3. The summed E-state index contributed by atoms with van der Waals surface area (Å²) in [5, 5.41) is 2.45. The van der Waals surface area contributed by atoms with Crippen molar-refractivity contribution in [2.45, 2.75) is 17.7 Å². The summed E-state index contributed by atoms with van der Waals surface area (Å²) in [5.41, 5.74) is 0.940. The fourth-order valence-electron chi connectivity index (χ4n) is 2.34. The summed E-state index contributed by atoms with van der Waals surface area (Å²) < 4.78 is 75.2. The molecular formula is C16H13F3N4O4S2. The minimum atomic E-state index is -4.80. The first-order valence-electron chi connectivity index (χ1n) is 8.01. The first kappa shape index (κ1) is 21.0. The number of amides is 1. The molecule has 1 amide bonds. The van der Waals surface area contributed by atoms with Crippen LogP contribution in [0, 0.1) is 0 Å². The van der Waals surface area contributed by atoms with Gasteiger partial charge in [0, 0.05) is 18.7 Å². The number of nitrogens with one attached hydrogen (secondary N) is 2. The van der Waals surface area contributed by atoms with E-state index < -0.39 is 28.0 Å². The molecule has 0 saturated carbocycles. The molecule has 2 N–H and O–H groups in total. The Kier molecular flexibility index (Phi) is 6.00. The molecule has 0 spiro atoms. The fourth-order valence-corrected chi connectivity index (χ4v) is 4.13. The lowest BCUT2D eigenvalue weighted by molar-refractivity contribution is -0.274. The summed E-state index contributed by atoms with van der Waals surface area (Å²) in [7, 11) is -3.90. The number of benzene rings is 2. The van der Waals surface area contributed by atoms with E-state index in [2.05, 4.69) is 23.5 Å². The van der Waals surface area contributed by atoms with Crippen LogP contribution in [-0.2, 0) is 14.8 Å². The van der Waals surface area contributed by atoms with Gasteiger partial charge < -0.3 is 10.1 Å². The van der Waals surface area contributed by atoms with E-state index in [1.807, 2.05) is 0 Å². The number of alkyl halides is 3. The number of hydrogen-bond donors (Lipinski definition) is 2. The maximum absolute atomic E-state index is 12.4. The van der Waals surface area contributed by atoms with Gasteiger partial charge in [0.25, 0.3) is 0 Å². The average Bonchev–Trinajstić information content (AvgIpc) is 3.10. The average molecular weight is 446 g/mol. The van der Waals surface area contributed by atoms with E-state index in [-0.39, 0.29) is 29.1 Å². The van der Waals surface area contributed by atoms with E-state index in [0.717, 1.165) is 23.9 Å². The van der Waals surface area contributed by atoms with Crippen LogP contribution < -0.4 is 14.8 Å². The Balaban J connectivity index is 1.54. The van der Waals surface area contributed by atoms with E-state index >= 15 is 0 Å². The number of rotatable bonds is 7. The maximum Gasteiger partial charge on any atom is 0.573 e. The highest BCUT2D eigenvalue weighted by molar-refractivity contribution is 7.89. The van der Waals surface area contributed by atoms with Gasteiger partial charge in [-0.3, -0.25) is 4.79 Å². The van der Waals surface area contributed by atoms with Crippen molar-refractivity contribution in [2.75, 3.05) is 11.9 Å². The molecule has 0 atom stereocenters. The summed E-state index contributed by atoms with van der Waals surface area (Å²) in [6.45, 7) is -0.183. The third-order valence-electron chi connectivity index (χ3n) is 3.55. The molecular weight excluding hydrogens is 433 g/mol. The van der Waals surface area contributed by atoms with Crippen LogP contribution in [0.4, 0.5) is 18.9 Å². The van der Waals surface area contributed by atoms with Crippen LogP contribution in [0.1, 0.15) is 6.42 Å². The molecule has 8 nitrogen and oxygen atoms in total. The Bertz CT molecular complexity index is 1120. The van der Waals surface area contributed by atoms with E-state index in [0.29, 0.717) is 5.52 Å². The van der Waals surface area contributed by atoms with E-state index in [1.165, 1.54) is 24.3 Å². The second kappa shape index (κ2) is 8.31. The maximum atomic E-state index is 12.4. The summed E-state index contributed by atoms with van der Waals surface area (Å²) in [6.07, 6.45) is -4.99. The molecule has 3 aromatic rings. The molecule has 2 aromatic carbocycles. The summed E-state index contributed by atoms with van der Waals surface area (Å²) in [5.74, 6) is -0.945. The monoisotopic (exact) mass is 446 g/mol. The molecule has 0 unspecified atom stereocenters. The fraction of sp³-hybridized carbons (Fsp3) is 0.188. The molecule has 1 aromatic heterocycles. The molecule has 0 bridgehead atoms. The summed E-state index contributed by atoms with van der Waals surface area (Å²) >= 11 is 0.889. The molecule has 0 aliphatic rings. The molecule has 3 rings (SSSR count). The molecule has 0 fully saturated rings. The minimum Gasteiger partial charge on any atom is -0.406 e. The molecule has 29 heavy (non-hydrogen) atoms. The zero-order chi connectivity index (χ0) is 21.1. The highest BCUT2D eigenvalue weighted by Gasteiger charge is 2.31. The number of fused-ring (bicyclic) bond motifs is 1. The van der Waals surface area contributed by atoms with Gasteiger partial charge in [-0.2, -0.15) is 8.75 Å². The number of halogens is 3. The van der Waals surface area contributed by atoms with Gasteiger partial charge in [0.05, 0.1) is 11.7 Å². The molecule has 13 heteroatoms. The van der Waals surface area contributed by atoms with Crippen molar-refractivity contribution in [2.24, 2.45) is 0 Å². The molecule has 0 saturated heterocycles. The summed E-state index contributed by atoms with van der Waals surface area (Å²) in [4.78, 5) is 11.9. The minimum absolute atomic E-state index is 0.0376. The third-order valence-corrected chi connectivity index (χ3v) is 5.59. The van der Waals surface area contributed by atoms with Crippen molar-refractivity contribution >= 4 is 44.4 Å². The van der Waals surface area contributed by atoms with E-state index in [1.54, 1.807) is 6.07 Å². The normalized spacial score (nSPS) is 12.1. The first-order chi connectivity index (χ1) is 13.6. The zero-order valence-corrected chi connectivity index (χ0v) is 16.1. The van der Waals surface area contributed by atoms with Crippen LogP contribution in [0.25, 0.3) is 11.0 Å². The number of nitrogens with zero attached hydrogens (tertiary/aromatic N) is 2. The number of sulfonamides is 1. The Morgan fingerprint density at radius 2 is 1.83 bits per heavy atom. The standard InChI is InChI=1S/C16H13F3N4O4S2/c17-16(18,19)27-11-6-4-10(5-7-11)21-14(24)8-9-20-29(25,26)13-3-1-2-12-15(13)23-28-22-12/h1-7,20H,8-9H2,(H,21,24). The van der Waals surface area contributed by atoms with Crippen molar-refractivity contribution in [3.8, 4) is 5.75 Å². The SMILES string of the molecule is O=C(CCNS(=O)(=O)c1cccc2nsnc12)Nc1ccc(OC(F)(F)F)cc1. The van der Waals surface area contributed by atoms with Gasteiger partial charge >= 0.3 is 6.36 Å². The van der Waals surface area contributed by atoms with Crippen molar-refractivity contribution in [1.29, 1.82) is 0 Å². The van der Waals surface area contributed by atoms with Gasteiger partial charge in [-0.15, -0.1) is 13.2 Å². The predicted molar refractivity (Wildman–Crippen MR) is 99.0 cm³/mol. The quantitative estimate of drug-likeness (QED) is 0.578. The smallest absolute Gasteiger partial charge is 0.406 e. The number of ether oxygens (including phenoxy) is 1.